The zero-order chi connectivity index (χ0) is 14.5. The molecule has 0 radical (unpaired) electrons. The smallest absolute Gasteiger partial charge is 0.237 e. The van der Waals surface area contributed by atoms with Crippen LogP contribution in [0.15, 0.2) is 18.2 Å². The number of aryl methyl sites for hydroxylation is 1. The molecule has 0 saturated carbocycles. The highest BCUT2D eigenvalue weighted by molar-refractivity contribution is 5.81. The summed E-state index contributed by atoms with van der Waals surface area (Å²) < 4.78 is 18.4. The van der Waals surface area contributed by atoms with Crippen molar-refractivity contribution in [2.45, 2.75) is 32.4 Å². The highest BCUT2D eigenvalue weighted by Crippen LogP contribution is 2.17. The zero-order valence-corrected chi connectivity index (χ0v) is 11.7. The lowest BCUT2D eigenvalue weighted by Gasteiger charge is -2.26. The maximum absolute atomic E-state index is 13.1. The lowest BCUT2D eigenvalue weighted by atomic mass is 9.92. The Balaban J connectivity index is 1.86. The van der Waals surface area contributed by atoms with Crippen LogP contribution in [0.3, 0.4) is 0 Å². The van der Waals surface area contributed by atoms with E-state index in [2.05, 4.69) is 5.32 Å². The van der Waals surface area contributed by atoms with Gasteiger partial charge in [-0.1, -0.05) is 12.1 Å². The van der Waals surface area contributed by atoms with E-state index in [-0.39, 0.29) is 17.6 Å². The van der Waals surface area contributed by atoms with E-state index in [0.717, 1.165) is 18.4 Å². The minimum atomic E-state index is -0.500. The number of benzene rings is 1. The number of hydrogen-bond donors (Lipinski definition) is 2. The maximum atomic E-state index is 13.1. The van der Waals surface area contributed by atoms with Crippen molar-refractivity contribution < 1.29 is 13.9 Å². The molecule has 1 aromatic rings. The van der Waals surface area contributed by atoms with Crippen molar-refractivity contribution in [3.63, 3.8) is 0 Å². The molecule has 3 N–H and O–H groups in total. The van der Waals surface area contributed by atoms with Gasteiger partial charge in [0.05, 0.1) is 6.04 Å². The lowest BCUT2D eigenvalue weighted by Crippen LogP contribution is -2.46. The van der Waals surface area contributed by atoms with Gasteiger partial charge in [0.15, 0.2) is 0 Å². The van der Waals surface area contributed by atoms with Crippen LogP contribution >= 0.6 is 0 Å². The molecule has 2 rings (SSSR count). The molecule has 0 aliphatic carbocycles. The SMILES string of the molecule is Cc1cc(CNC(=O)C(N)C2CCOCC2)ccc1F. The summed E-state index contributed by atoms with van der Waals surface area (Å²) in [4.78, 5) is 12.0. The number of halogens is 1. The molecule has 1 aliphatic rings. The topological polar surface area (TPSA) is 64.4 Å². The number of carbonyl (C=O) groups excluding carboxylic acids is 1. The summed E-state index contributed by atoms with van der Waals surface area (Å²) in [5.74, 6) is -0.212. The van der Waals surface area contributed by atoms with Gasteiger partial charge in [-0.05, 0) is 42.9 Å². The monoisotopic (exact) mass is 280 g/mol. The molecule has 1 aromatic carbocycles. The first-order valence-corrected chi connectivity index (χ1v) is 6.94. The van der Waals surface area contributed by atoms with Crippen LogP contribution in [0.5, 0.6) is 0 Å². The third-order valence-electron chi connectivity index (χ3n) is 3.77. The molecule has 4 nitrogen and oxygen atoms in total. The van der Waals surface area contributed by atoms with Gasteiger partial charge in [-0.25, -0.2) is 4.39 Å². The van der Waals surface area contributed by atoms with Gasteiger partial charge in [-0.15, -0.1) is 0 Å². The highest BCUT2D eigenvalue weighted by atomic mass is 19.1. The van der Waals surface area contributed by atoms with Gasteiger partial charge < -0.3 is 15.8 Å². The maximum Gasteiger partial charge on any atom is 0.237 e. The van der Waals surface area contributed by atoms with E-state index in [1.807, 2.05) is 0 Å². The van der Waals surface area contributed by atoms with Crippen LogP contribution in [0.2, 0.25) is 0 Å². The second-order valence-corrected chi connectivity index (χ2v) is 5.28. The Hall–Kier alpha value is -1.46. The molecule has 0 aromatic heterocycles. The molecule has 5 heteroatoms. The van der Waals surface area contributed by atoms with E-state index in [0.29, 0.717) is 25.3 Å². The van der Waals surface area contributed by atoms with Gasteiger partial charge in [0, 0.05) is 19.8 Å². The van der Waals surface area contributed by atoms with E-state index in [9.17, 15) is 9.18 Å². The number of hydrogen-bond acceptors (Lipinski definition) is 3. The second-order valence-electron chi connectivity index (χ2n) is 5.28. The Bertz CT molecular complexity index is 473. The zero-order valence-electron chi connectivity index (χ0n) is 11.7. The average Bonchev–Trinajstić information content (AvgIpc) is 2.48. The molecule has 1 unspecified atom stereocenters. The molecule has 20 heavy (non-hydrogen) atoms. The van der Waals surface area contributed by atoms with Crippen molar-refractivity contribution >= 4 is 5.91 Å². The number of nitrogens with one attached hydrogen (secondary N) is 1. The average molecular weight is 280 g/mol. The van der Waals surface area contributed by atoms with Crippen LogP contribution in [0.1, 0.15) is 24.0 Å². The van der Waals surface area contributed by atoms with Crippen molar-refractivity contribution in [1.29, 1.82) is 0 Å². The molecule has 110 valence electrons. The molecule has 1 heterocycles. The fraction of sp³-hybridized carbons (Fsp3) is 0.533. The van der Waals surface area contributed by atoms with Crippen LogP contribution in [0, 0.1) is 18.7 Å². The van der Waals surface area contributed by atoms with Crippen molar-refractivity contribution in [1.82, 2.24) is 5.32 Å². The number of amides is 1. The highest BCUT2D eigenvalue weighted by Gasteiger charge is 2.26. The molecule has 1 aliphatic heterocycles. The first-order valence-electron chi connectivity index (χ1n) is 6.94. The van der Waals surface area contributed by atoms with Crippen LogP contribution in [0.4, 0.5) is 4.39 Å². The van der Waals surface area contributed by atoms with Crippen LogP contribution in [-0.4, -0.2) is 25.2 Å². The molecule has 1 fully saturated rings. The first kappa shape index (κ1) is 14.9. The van der Waals surface area contributed by atoms with Gasteiger partial charge in [0.25, 0.3) is 0 Å². The normalized spacial score (nSPS) is 17.8. The van der Waals surface area contributed by atoms with Gasteiger partial charge >= 0.3 is 0 Å². The minimum absolute atomic E-state index is 0.154. The van der Waals surface area contributed by atoms with E-state index in [1.165, 1.54) is 6.07 Å². The predicted octanol–water partition coefficient (Wildman–Crippen LogP) is 1.50. The summed E-state index contributed by atoms with van der Waals surface area (Å²) in [6.07, 6.45) is 1.65. The van der Waals surface area contributed by atoms with Crippen LogP contribution in [-0.2, 0) is 16.1 Å². The molecular weight excluding hydrogens is 259 g/mol. The number of carbonyl (C=O) groups is 1. The molecule has 1 atom stereocenters. The summed E-state index contributed by atoms with van der Waals surface area (Å²) in [6, 6.07) is 4.31. The fourth-order valence-corrected chi connectivity index (χ4v) is 2.41. The molecular formula is C15H21FN2O2. The Morgan fingerprint density at radius 3 is 2.85 bits per heavy atom. The first-order chi connectivity index (χ1) is 9.58. The third kappa shape index (κ3) is 3.77. The summed E-state index contributed by atoms with van der Waals surface area (Å²) in [5.41, 5.74) is 7.43. The number of nitrogens with two attached hydrogens (primary N) is 1. The van der Waals surface area contributed by atoms with E-state index in [1.54, 1.807) is 19.1 Å². The quantitative estimate of drug-likeness (QED) is 0.878. The Labute approximate surface area is 118 Å². The molecule has 1 saturated heterocycles. The van der Waals surface area contributed by atoms with Gasteiger partial charge in [0.2, 0.25) is 5.91 Å². The second kappa shape index (κ2) is 6.81. The number of rotatable bonds is 4. The van der Waals surface area contributed by atoms with E-state index >= 15 is 0 Å². The summed E-state index contributed by atoms with van der Waals surface area (Å²) >= 11 is 0. The van der Waals surface area contributed by atoms with Crippen LogP contribution in [0.25, 0.3) is 0 Å². The largest absolute Gasteiger partial charge is 0.381 e. The third-order valence-corrected chi connectivity index (χ3v) is 3.77. The van der Waals surface area contributed by atoms with Crippen molar-refractivity contribution in [3.8, 4) is 0 Å². The van der Waals surface area contributed by atoms with Crippen molar-refractivity contribution in [3.05, 3.63) is 35.1 Å². The van der Waals surface area contributed by atoms with Gasteiger partial charge in [-0.3, -0.25) is 4.79 Å². The van der Waals surface area contributed by atoms with E-state index < -0.39 is 6.04 Å². The fourth-order valence-electron chi connectivity index (χ4n) is 2.41. The van der Waals surface area contributed by atoms with Gasteiger partial charge in [0.1, 0.15) is 5.82 Å². The van der Waals surface area contributed by atoms with Gasteiger partial charge in [-0.2, -0.15) is 0 Å². The Morgan fingerprint density at radius 1 is 1.50 bits per heavy atom. The standard InChI is InChI=1S/C15H21FN2O2/c1-10-8-11(2-3-13(10)16)9-18-15(19)14(17)12-4-6-20-7-5-12/h2-3,8,12,14H,4-7,9,17H2,1H3,(H,18,19). The molecule has 0 spiro atoms. The Kier molecular flexibility index (Phi) is 5.09. The van der Waals surface area contributed by atoms with Crippen LogP contribution < -0.4 is 11.1 Å². The van der Waals surface area contributed by atoms with Crippen molar-refractivity contribution in [2.24, 2.45) is 11.7 Å². The Morgan fingerprint density at radius 2 is 2.20 bits per heavy atom. The van der Waals surface area contributed by atoms with E-state index in [4.69, 9.17) is 10.5 Å². The minimum Gasteiger partial charge on any atom is -0.381 e. The molecule has 0 bridgehead atoms. The predicted molar refractivity (Wildman–Crippen MR) is 74.5 cm³/mol. The lowest BCUT2D eigenvalue weighted by molar-refractivity contribution is -0.124. The molecule has 1 amide bonds. The summed E-state index contributed by atoms with van der Waals surface area (Å²) in [5, 5.41) is 2.82. The summed E-state index contributed by atoms with van der Waals surface area (Å²) in [7, 11) is 0. The summed E-state index contributed by atoms with van der Waals surface area (Å²) in [6.45, 7) is 3.41. The number of ether oxygens (including phenoxy) is 1. The van der Waals surface area contributed by atoms with Crippen molar-refractivity contribution in [2.75, 3.05) is 13.2 Å².